The smallest absolute Gasteiger partial charge is 0.244 e. The third kappa shape index (κ3) is 3.16. The predicted octanol–water partition coefficient (Wildman–Crippen LogP) is 1.44. The van der Waals surface area contributed by atoms with Gasteiger partial charge < -0.3 is 5.11 Å². The van der Waals surface area contributed by atoms with Crippen molar-refractivity contribution in [2.75, 3.05) is 13.1 Å². The Morgan fingerprint density at radius 3 is 2.47 bits per heavy atom. The van der Waals surface area contributed by atoms with E-state index in [0.29, 0.717) is 17.7 Å². The highest BCUT2D eigenvalue weighted by Gasteiger charge is 2.25. The van der Waals surface area contributed by atoms with Crippen molar-refractivity contribution in [2.45, 2.75) is 32.3 Å². The molecule has 0 saturated heterocycles. The monoisotopic (exact) mass is 281 g/mol. The van der Waals surface area contributed by atoms with E-state index in [2.05, 4.69) is 5.92 Å². The molecule has 0 unspecified atom stereocenters. The van der Waals surface area contributed by atoms with Gasteiger partial charge in [0.25, 0.3) is 0 Å². The largest absolute Gasteiger partial charge is 0.392 e. The van der Waals surface area contributed by atoms with Crippen LogP contribution in [-0.4, -0.2) is 30.9 Å². The number of rotatable bonds is 5. The standard InChI is InChI=1S/C14H19NO3S/c1-5-7-15(6-2)19(17,18)14-9-13(10-16)8-11(3)12(14)4/h1,8-9,16H,6-7,10H2,2-4H3. The second kappa shape index (κ2) is 6.20. The van der Waals surface area contributed by atoms with E-state index in [-0.39, 0.29) is 18.0 Å². The lowest BCUT2D eigenvalue weighted by Crippen LogP contribution is -2.32. The molecule has 0 radical (unpaired) electrons. The summed E-state index contributed by atoms with van der Waals surface area (Å²) in [7, 11) is -3.62. The van der Waals surface area contributed by atoms with Crippen molar-refractivity contribution < 1.29 is 13.5 Å². The first-order valence-electron chi connectivity index (χ1n) is 6.03. The van der Waals surface area contributed by atoms with Crippen LogP contribution in [0.25, 0.3) is 0 Å². The van der Waals surface area contributed by atoms with E-state index in [1.165, 1.54) is 10.4 Å². The van der Waals surface area contributed by atoms with Gasteiger partial charge >= 0.3 is 0 Å². The zero-order valence-corrected chi connectivity index (χ0v) is 12.3. The van der Waals surface area contributed by atoms with E-state index < -0.39 is 10.0 Å². The van der Waals surface area contributed by atoms with Crippen LogP contribution in [0.5, 0.6) is 0 Å². The molecular formula is C14H19NO3S. The van der Waals surface area contributed by atoms with Crippen LogP contribution in [0, 0.1) is 26.2 Å². The molecule has 0 aliphatic heterocycles. The van der Waals surface area contributed by atoms with Gasteiger partial charge in [0, 0.05) is 6.54 Å². The number of benzene rings is 1. The number of aliphatic hydroxyl groups is 1. The first-order valence-corrected chi connectivity index (χ1v) is 7.47. The molecule has 0 aliphatic rings. The molecule has 0 heterocycles. The Kier molecular flexibility index (Phi) is 5.12. The van der Waals surface area contributed by atoms with Crippen molar-refractivity contribution in [1.82, 2.24) is 4.31 Å². The minimum absolute atomic E-state index is 0.0423. The molecule has 1 aromatic rings. The van der Waals surface area contributed by atoms with Gasteiger partial charge in [-0.3, -0.25) is 0 Å². The summed E-state index contributed by atoms with van der Waals surface area (Å²) in [6, 6.07) is 3.29. The van der Waals surface area contributed by atoms with Crippen molar-refractivity contribution in [2.24, 2.45) is 0 Å². The molecule has 0 saturated carbocycles. The van der Waals surface area contributed by atoms with E-state index in [1.54, 1.807) is 19.9 Å². The third-order valence-corrected chi connectivity index (χ3v) is 5.15. The van der Waals surface area contributed by atoms with Gasteiger partial charge in [0.1, 0.15) is 0 Å². The lowest BCUT2D eigenvalue weighted by molar-refractivity contribution is 0.281. The molecule has 5 heteroatoms. The number of aryl methyl sites for hydroxylation is 1. The first kappa shape index (κ1) is 15.7. The molecule has 1 N–H and O–H groups in total. The molecule has 0 aromatic heterocycles. The molecule has 0 amide bonds. The maximum Gasteiger partial charge on any atom is 0.244 e. The Morgan fingerprint density at radius 1 is 1.37 bits per heavy atom. The summed E-state index contributed by atoms with van der Waals surface area (Å²) in [6.45, 7) is 5.49. The van der Waals surface area contributed by atoms with Crippen LogP contribution in [0.4, 0.5) is 0 Å². The normalized spacial score (nSPS) is 11.6. The topological polar surface area (TPSA) is 57.6 Å². The fourth-order valence-electron chi connectivity index (χ4n) is 1.87. The van der Waals surface area contributed by atoms with Gasteiger partial charge in [-0.1, -0.05) is 18.9 Å². The molecular weight excluding hydrogens is 262 g/mol. The Hall–Kier alpha value is -1.35. The van der Waals surface area contributed by atoms with Crippen molar-refractivity contribution in [3.63, 3.8) is 0 Å². The van der Waals surface area contributed by atoms with Crippen molar-refractivity contribution in [3.05, 3.63) is 28.8 Å². The maximum atomic E-state index is 12.5. The Bertz CT molecular complexity index is 600. The van der Waals surface area contributed by atoms with Crippen LogP contribution >= 0.6 is 0 Å². The van der Waals surface area contributed by atoms with Gasteiger partial charge in [-0.2, -0.15) is 4.31 Å². The molecule has 1 rings (SSSR count). The second-order valence-corrected chi connectivity index (χ2v) is 6.24. The van der Waals surface area contributed by atoms with Gasteiger partial charge in [-0.25, -0.2) is 8.42 Å². The molecule has 1 aromatic carbocycles. The summed E-state index contributed by atoms with van der Waals surface area (Å²) in [5.41, 5.74) is 2.10. The van der Waals surface area contributed by atoms with Gasteiger partial charge in [0.15, 0.2) is 0 Å². The van der Waals surface area contributed by atoms with E-state index in [4.69, 9.17) is 6.42 Å². The van der Waals surface area contributed by atoms with E-state index >= 15 is 0 Å². The second-order valence-electron chi connectivity index (χ2n) is 4.33. The summed E-state index contributed by atoms with van der Waals surface area (Å²) in [5.74, 6) is 2.35. The molecule has 0 bridgehead atoms. The van der Waals surface area contributed by atoms with E-state index in [0.717, 1.165) is 5.56 Å². The van der Waals surface area contributed by atoms with Gasteiger partial charge in [0.2, 0.25) is 10.0 Å². The molecule has 19 heavy (non-hydrogen) atoms. The summed E-state index contributed by atoms with van der Waals surface area (Å²) in [5, 5.41) is 9.20. The quantitative estimate of drug-likeness (QED) is 0.831. The Morgan fingerprint density at radius 2 is 2.00 bits per heavy atom. The fourth-order valence-corrected chi connectivity index (χ4v) is 3.58. The number of hydrogen-bond acceptors (Lipinski definition) is 3. The number of hydrogen-bond donors (Lipinski definition) is 1. The number of aliphatic hydroxyl groups excluding tert-OH is 1. The van der Waals surface area contributed by atoms with Crippen LogP contribution in [0.3, 0.4) is 0 Å². The molecule has 0 fully saturated rings. The highest BCUT2D eigenvalue weighted by Crippen LogP contribution is 2.24. The molecule has 0 spiro atoms. The average molecular weight is 281 g/mol. The SMILES string of the molecule is C#CCN(CC)S(=O)(=O)c1cc(CO)cc(C)c1C. The molecule has 104 valence electrons. The highest BCUT2D eigenvalue weighted by atomic mass is 32.2. The lowest BCUT2D eigenvalue weighted by atomic mass is 10.1. The van der Waals surface area contributed by atoms with Crippen LogP contribution in [0.15, 0.2) is 17.0 Å². The number of sulfonamides is 1. The predicted molar refractivity (Wildman–Crippen MR) is 75.1 cm³/mol. The van der Waals surface area contributed by atoms with Crippen LogP contribution in [0.1, 0.15) is 23.6 Å². The van der Waals surface area contributed by atoms with E-state index in [9.17, 15) is 13.5 Å². The van der Waals surface area contributed by atoms with Gasteiger partial charge in [0.05, 0.1) is 18.0 Å². The van der Waals surface area contributed by atoms with Crippen LogP contribution < -0.4 is 0 Å². The number of terminal acetylenes is 1. The fraction of sp³-hybridized carbons (Fsp3) is 0.429. The summed E-state index contributed by atoms with van der Waals surface area (Å²) in [4.78, 5) is 0.216. The average Bonchev–Trinajstić information content (AvgIpc) is 2.38. The third-order valence-electron chi connectivity index (χ3n) is 3.10. The first-order chi connectivity index (χ1) is 8.88. The minimum Gasteiger partial charge on any atom is -0.392 e. The minimum atomic E-state index is -3.62. The summed E-state index contributed by atoms with van der Waals surface area (Å²) >= 11 is 0. The van der Waals surface area contributed by atoms with Crippen molar-refractivity contribution in [3.8, 4) is 12.3 Å². The Balaban J connectivity index is 3.44. The highest BCUT2D eigenvalue weighted by molar-refractivity contribution is 7.89. The summed E-state index contributed by atoms with van der Waals surface area (Å²) in [6.07, 6.45) is 5.21. The number of nitrogens with zero attached hydrogens (tertiary/aromatic N) is 1. The van der Waals surface area contributed by atoms with Crippen molar-refractivity contribution >= 4 is 10.0 Å². The zero-order valence-electron chi connectivity index (χ0n) is 11.5. The zero-order chi connectivity index (χ0) is 14.6. The molecule has 0 atom stereocenters. The van der Waals surface area contributed by atoms with Crippen LogP contribution in [0.2, 0.25) is 0 Å². The Labute approximate surface area is 115 Å². The van der Waals surface area contributed by atoms with Gasteiger partial charge in [-0.05, 0) is 36.6 Å². The van der Waals surface area contributed by atoms with Gasteiger partial charge in [-0.15, -0.1) is 6.42 Å². The lowest BCUT2D eigenvalue weighted by Gasteiger charge is -2.20. The van der Waals surface area contributed by atoms with Crippen molar-refractivity contribution in [1.29, 1.82) is 0 Å². The molecule has 4 nitrogen and oxygen atoms in total. The van der Waals surface area contributed by atoms with E-state index in [1.807, 2.05) is 6.92 Å². The summed E-state index contributed by atoms with van der Waals surface area (Å²) < 4.78 is 26.3. The van der Waals surface area contributed by atoms with Crippen LogP contribution in [-0.2, 0) is 16.6 Å². The molecule has 0 aliphatic carbocycles. The maximum absolute atomic E-state index is 12.5.